The zero-order valence-corrected chi connectivity index (χ0v) is 19.2. The lowest BCUT2D eigenvalue weighted by atomic mass is 10.1. The minimum absolute atomic E-state index is 0.0927. The van der Waals surface area contributed by atoms with Crippen LogP contribution in [0.4, 0.5) is 10.1 Å². The number of carboxylic acid groups (broad SMARTS) is 2. The molecule has 36 heavy (non-hydrogen) atoms. The van der Waals surface area contributed by atoms with Gasteiger partial charge in [-0.05, 0) is 48.9 Å². The number of carboxylic acids is 2. The lowest BCUT2D eigenvalue weighted by molar-refractivity contribution is -0.145. The van der Waals surface area contributed by atoms with Gasteiger partial charge in [0.15, 0.2) is 6.17 Å². The molecule has 0 saturated carbocycles. The van der Waals surface area contributed by atoms with Crippen molar-refractivity contribution >= 4 is 34.4 Å². The van der Waals surface area contributed by atoms with E-state index in [1.165, 1.54) is 12.1 Å². The number of hydrogen-bond acceptors (Lipinski definition) is 6. The van der Waals surface area contributed by atoms with Gasteiger partial charge in [-0.15, -0.1) is 6.42 Å². The number of terminal acetylenes is 1. The van der Waals surface area contributed by atoms with Crippen molar-refractivity contribution in [2.45, 2.75) is 32.1 Å². The first-order valence-electron chi connectivity index (χ1n) is 10.8. The number of carbonyl (C=O) groups excluding carboxylic acids is 1. The highest BCUT2D eigenvalue weighted by atomic mass is 19.1. The summed E-state index contributed by atoms with van der Waals surface area (Å²) >= 11 is 0. The van der Waals surface area contributed by atoms with Gasteiger partial charge in [0, 0.05) is 24.2 Å². The van der Waals surface area contributed by atoms with Crippen LogP contribution in [0.2, 0.25) is 0 Å². The molecule has 4 N–H and O–H groups in total. The first kappa shape index (κ1) is 25.9. The van der Waals surface area contributed by atoms with Crippen molar-refractivity contribution in [2.75, 3.05) is 11.4 Å². The van der Waals surface area contributed by atoms with Gasteiger partial charge in [0.25, 0.3) is 11.5 Å². The summed E-state index contributed by atoms with van der Waals surface area (Å²) in [5.74, 6) is -1.08. The van der Waals surface area contributed by atoms with E-state index in [1.54, 1.807) is 31.2 Å². The normalized spacial score (nSPS) is 12.4. The fourth-order valence-corrected chi connectivity index (χ4v) is 3.56. The summed E-state index contributed by atoms with van der Waals surface area (Å²) in [5.41, 5.74) is 1.88. The molecule has 1 heterocycles. The van der Waals surface area contributed by atoms with E-state index < -0.39 is 36.5 Å². The van der Waals surface area contributed by atoms with E-state index in [4.69, 9.17) is 11.5 Å². The fraction of sp³-hybridized carbons (Fsp3) is 0.240. The number of aliphatic carboxylic acids is 2. The molecular formula is C25H23FN4O6. The second kappa shape index (κ2) is 11.1. The quantitative estimate of drug-likeness (QED) is 0.312. The third kappa shape index (κ3) is 6.24. The Bertz CT molecular complexity index is 1400. The number of amides is 1. The van der Waals surface area contributed by atoms with Crippen molar-refractivity contribution in [3.05, 3.63) is 69.8 Å². The molecule has 0 aliphatic carbocycles. The molecule has 0 fully saturated rings. The molecule has 10 nitrogen and oxygen atoms in total. The zero-order valence-electron chi connectivity index (χ0n) is 19.2. The van der Waals surface area contributed by atoms with Crippen LogP contribution < -0.4 is 15.8 Å². The Balaban J connectivity index is 1.77. The molecule has 3 aromatic rings. The van der Waals surface area contributed by atoms with Crippen LogP contribution in [0.3, 0.4) is 0 Å². The van der Waals surface area contributed by atoms with E-state index in [-0.39, 0.29) is 17.7 Å². The summed E-state index contributed by atoms with van der Waals surface area (Å²) in [6.07, 6.45) is 2.18. The molecule has 3 rings (SSSR count). The van der Waals surface area contributed by atoms with Crippen LogP contribution >= 0.6 is 0 Å². The number of aryl methyl sites for hydroxylation is 1. The smallest absolute Gasteiger partial charge is 0.338 e. The molecule has 0 bridgehead atoms. The van der Waals surface area contributed by atoms with Crippen LogP contribution in [-0.4, -0.2) is 56.8 Å². The molecule has 0 aliphatic heterocycles. The Labute approximate surface area is 204 Å². The maximum Gasteiger partial charge on any atom is 0.338 e. The largest absolute Gasteiger partial charge is 0.480 e. The molecule has 2 aromatic carbocycles. The van der Waals surface area contributed by atoms with E-state index in [1.807, 2.05) is 11.0 Å². The molecule has 0 saturated heterocycles. The van der Waals surface area contributed by atoms with E-state index in [0.29, 0.717) is 29.0 Å². The topological polar surface area (TPSA) is 153 Å². The number of aromatic amines is 1. The Morgan fingerprint density at radius 2 is 1.86 bits per heavy atom. The molecule has 0 unspecified atom stereocenters. The second-order valence-corrected chi connectivity index (χ2v) is 8.02. The van der Waals surface area contributed by atoms with Crippen LogP contribution in [0.5, 0.6) is 0 Å². The van der Waals surface area contributed by atoms with Crippen LogP contribution in [0.25, 0.3) is 10.9 Å². The summed E-state index contributed by atoms with van der Waals surface area (Å²) in [6.45, 7) is 2.27. The van der Waals surface area contributed by atoms with E-state index in [9.17, 15) is 28.7 Å². The highest BCUT2D eigenvalue weighted by Gasteiger charge is 2.28. The van der Waals surface area contributed by atoms with Crippen LogP contribution in [0.15, 0.2) is 47.3 Å². The van der Waals surface area contributed by atoms with Crippen molar-refractivity contribution in [1.29, 1.82) is 0 Å². The van der Waals surface area contributed by atoms with E-state index in [0.717, 1.165) is 5.56 Å². The highest BCUT2D eigenvalue weighted by molar-refractivity contribution is 5.97. The number of fused-ring (bicyclic) bond motifs is 1. The predicted octanol–water partition coefficient (Wildman–Crippen LogP) is 1.87. The van der Waals surface area contributed by atoms with Gasteiger partial charge in [0.05, 0.1) is 17.4 Å². The summed E-state index contributed by atoms with van der Waals surface area (Å²) in [7, 11) is 0. The van der Waals surface area contributed by atoms with Gasteiger partial charge in [0.1, 0.15) is 11.9 Å². The van der Waals surface area contributed by atoms with Gasteiger partial charge in [0.2, 0.25) is 0 Å². The molecule has 2 atom stereocenters. The summed E-state index contributed by atoms with van der Waals surface area (Å²) < 4.78 is 13.4. The highest BCUT2D eigenvalue weighted by Crippen LogP contribution is 2.20. The van der Waals surface area contributed by atoms with Crippen LogP contribution in [-0.2, 0) is 16.1 Å². The van der Waals surface area contributed by atoms with Crippen molar-refractivity contribution in [1.82, 2.24) is 15.3 Å². The van der Waals surface area contributed by atoms with Gasteiger partial charge in [-0.2, -0.15) is 0 Å². The first-order valence-corrected chi connectivity index (χ1v) is 10.8. The lowest BCUT2D eigenvalue weighted by Gasteiger charge is -2.23. The van der Waals surface area contributed by atoms with Gasteiger partial charge in [-0.1, -0.05) is 12.0 Å². The minimum Gasteiger partial charge on any atom is -0.480 e. The number of aromatic nitrogens is 2. The molecule has 1 aromatic heterocycles. The molecule has 186 valence electrons. The Morgan fingerprint density at radius 3 is 2.47 bits per heavy atom. The van der Waals surface area contributed by atoms with Gasteiger partial charge >= 0.3 is 11.9 Å². The van der Waals surface area contributed by atoms with Crippen LogP contribution in [0, 0.1) is 19.3 Å². The van der Waals surface area contributed by atoms with E-state index >= 15 is 0 Å². The van der Waals surface area contributed by atoms with Crippen LogP contribution in [0.1, 0.15) is 28.2 Å². The Morgan fingerprint density at radius 1 is 1.17 bits per heavy atom. The molecular weight excluding hydrogens is 471 g/mol. The molecule has 0 spiro atoms. The number of H-pyrrole nitrogens is 1. The number of alkyl halides is 1. The second-order valence-electron chi connectivity index (χ2n) is 8.02. The monoisotopic (exact) mass is 494 g/mol. The van der Waals surface area contributed by atoms with Gasteiger partial charge in [-0.25, -0.2) is 19.0 Å². The molecule has 1 amide bonds. The van der Waals surface area contributed by atoms with Gasteiger partial charge < -0.3 is 25.4 Å². The number of halogens is 1. The summed E-state index contributed by atoms with van der Waals surface area (Å²) in [5, 5.41) is 20.4. The Hall–Kier alpha value is -4.72. The summed E-state index contributed by atoms with van der Waals surface area (Å²) in [6, 6.07) is 9.69. The number of benzene rings is 2. The SMILES string of the molecule is C#CCN(Cc1ccc2nc(C)[nH]c(=O)c2c1)c1ccc(C(=O)N[C@@H](C[C@@H](F)C(=O)O)C(=O)O)cc1. The minimum atomic E-state index is -2.43. The zero-order chi connectivity index (χ0) is 26.4. The third-order valence-corrected chi connectivity index (χ3v) is 5.35. The number of rotatable bonds is 10. The first-order chi connectivity index (χ1) is 17.1. The summed E-state index contributed by atoms with van der Waals surface area (Å²) in [4.78, 5) is 55.5. The lowest BCUT2D eigenvalue weighted by Crippen LogP contribution is -2.43. The number of carbonyl (C=O) groups is 3. The van der Waals surface area contributed by atoms with Gasteiger partial charge in [-0.3, -0.25) is 9.59 Å². The number of nitrogens with one attached hydrogen (secondary N) is 2. The van der Waals surface area contributed by atoms with Crippen molar-refractivity contribution < 1.29 is 29.0 Å². The molecule has 11 heteroatoms. The van der Waals surface area contributed by atoms with Crippen molar-refractivity contribution in [2.24, 2.45) is 0 Å². The number of anilines is 1. The average Bonchev–Trinajstić information content (AvgIpc) is 2.83. The van der Waals surface area contributed by atoms with Crippen molar-refractivity contribution in [3.8, 4) is 12.3 Å². The average molecular weight is 494 g/mol. The number of nitrogens with zero attached hydrogens (tertiary/aromatic N) is 2. The predicted molar refractivity (Wildman–Crippen MR) is 129 cm³/mol. The van der Waals surface area contributed by atoms with Crippen molar-refractivity contribution in [3.63, 3.8) is 0 Å². The number of hydrogen-bond donors (Lipinski definition) is 4. The van der Waals surface area contributed by atoms with E-state index in [2.05, 4.69) is 21.2 Å². The third-order valence-electron chi connectivity index (χ3n) is 5.35. The molecule has 0 aliphatic rings. The fourth-order valence-electron chi connectivity index (χ4n) is 3.56. The Kier molecular flexibility index (Phi) is 8.01. The maximum atomic E-state index is 13.4. The molecule has 0 radical (unpaired) electrons. The standard InChI is InChI=1S/C25H23FN4O6/c1-3-10-30(13-15-4-9-20-18(11-15)23(32)28-14(2)27-20)17-7-5-16(6-8-17)22(31)29-21(25(35)36)12-19(26)24(33)34/h1,4-9,11,19,21H,10,12-13H2,2H3,(H,29,31)(H,33,34)(H,35,36)(H,27,28,32)/t19-,21+/m1/s1. The maximum absolute atomic E-state index is 13.4.